The van der Waals surface area contributed by atoms with Crippen LogP contribution in [0.5, 0.6) is 5.75 Å². The van der Waals surface area contributed by atoms with Gasteiger partial charge >= 0.3 is 5.97 Å². The molecule has 1 atom stereocenters. The summed E-state index contributed by atoms with van der Waals surface area (Å²) in [5.41, 5.74) is 1.27. The van der Waals surface area contributed by atoms with Crippen molar-refractivity contribution < 1.29 is 14.6 Å². The van der Waals surface area contributed by atoms with E-state index in [9.17, 15) is 4.79 Å². The van der Waals surface area contributed by atoms with Gasteiger partial charge < -0.3 is 9.84 Å². The quantitative estimate of drug-likeness (QED) is 0.890. The molecular weight excluding hydrogens is 230 g/mol. The van der Waals surface area contributed by atoms with Crippen LogP contribution in [0.15, 0.2) is 18.2 Å². The minimum absolute atomic E-state index is 0.238. The van der Waals surface area contributed by atoms with Gasteiger partial charge in [0, 0.05) is 12.6 Å². The van der Waals surface area contributed by atoms with Gasteiger partial charge in [0.25, 0.3) is 0 Å². The van der Waals surface area contributed by atoms with Crippen molar-refractivity contribution in [2.75, 3.05) is 13.7 Å². The van der Waals surface area contributed by atoms with E-state index in [-0.39, 0.29) is 5.56 Å². The van der Waals surface area contributed by atoms with Gasteiger partial charge in [-0.15, -0.1) is 0 Å². The molecule has 0 aliphatic carbocycles. The highest BCUT2D eigenvalue weighted by Gasteiger charge is 2.21. The second-order valence-corrected chi connectivity index (χ2v) is 4.80. The number of likely N-dealkylation sites (tertiary alicyclic amines) is 1. The molecular formula is C14H19NO3. The van der Waals surface area contributed by atoms with Crippen LogP contribution in [-0.2, 0) is 6.54 Å². The van der Waals surface area contributed by atoms with Crippen molar-refractivity contribution in [1.82, 2.24) is 4.90 Å². The van der Waals surface area contributed by atoms with Gasteiger partial charge in [0.15, 0.2) is 0 Å². The fraction of sp³-hybridized carbons (Fsp3) is 0.500. The summed E-state index contributed by atoms with van der Waals surface area (Å²) in [5, 5.41) is 9.14. The van der Waals surface area contributed by atoms with Gasteiger partial charge in [0.2, 0.25) is 0 Å². The van der Waals surface area contributed by atoms with E-state index in [2.05, 4.69) is 11.8 Å². The standard InChI is InChI=1S/C14H19NO3/c1-10-4-3-7-15(10)9-11-5-6-13(18-2)12(8-11)14(16)17/h5-6,8,10H,3-4,7,9H2,1-2H3,(H,16,17). The number of aromatic carboxylic acids is 1. The molecule has 1 saturated heterocycles. The number of carboxylic acids is 1. The third kappa shape index (κ3) is 2.64. The first-order valence-corrected chi connectivity index (χ1v) is 6.26. The fourth-order valence-corrected chi connectivity index (χ4v) is 2.48. The van der Waals surface area contributed by atoms with Crippen LogP contribution >= 0.6 is 0 Å². The molecule has 2 rings (SSSR count). The van der Waals surface area contributed by atoms with E-state index in [1.165, 1.54) is 20.0 Å². The van der Waals surface area contributed by atoms with Crippen LogP contribution in [0.1, 0.15) is 35.7 Å². The minimum Gasteiger partial charge on any atom is -0.496 e. The number of carbonyl (C=O) groups is 1. The monoisotopic (exact) mass is 249 g/mol. The minimum atomic E-state index is -0.942. The zero-order chi connectivity index (χ0) is 13.1. The van der Waals surface area contributed by atoms with Crippen LogP contribution in [0.2, 0.25) is 0 Å². The number of methoxy groups -OCH3 is 1. The van der Waals surface area contributed by atoms with Gasteiger partial charge in [-0.25, -0.2) is 4.79 Å². The van der Waals surface area contributed by atoms with E-state index in [0.29, 0.717) is 11.8 Å². The first kappa shape index (κ1) is 12.9. The van der Waals surface area contributed by atoms with Crippen LogP contribution in [0.4, 0.5) is 0 Å². The van der Waals surface area contributed by atoms with E-state index in [1.807, 2.05) is 6.07 Å². The van der Waals surface area contributed by atoms with Crippen molar-refractivity contribution >= 4 is 5.97 Å². The molecule has 1 heterocycles. The van der Waals surface area contributed by atoms with Crippen molar-refractivity contribution in [1.29, 1.82) is 0 Å². The van der Waals surface area contributed by atoms with Gasteiger partial charge in [0.05, 0.1) is 7.11 Å². The number of rotatable bonds is 4. The molecule has 0 radical (unpaired) electrons. The number of hydrogen-bond acceptors (Lipinski definition) is 3. The average Bonchev–Trinajstić information content (AvgIpc) is 2.75. The normalized spacial score (nSPS) is 20.0. The Bertz CT molecular complexity index is 445. The summed E-state index contributed by atoms with van der Waals surface area (Å²) in [6.45, 7) is 4.12. The summed E-state index contributed by atoms with van der Waals surface area (Å²) in [6, 6.07) is 5.97. The van der Waals surface area contributed by atoms with Gasteiger partial charge in [-0.1, -0.05) is 6.07 Å². The Morgan fingerprint density at radius 2 is 2.33 bits per heavy atom. The molecule has 1 aliphatic rings. The molecule has 4 nitrogen and oxygen atoms in total. The summed E-state index contributed by atoms with van der Waals surface area (Å²) in [4.78, 5) is 13.5. The Morgan fingerprint density at radius 1 is 1.56 bits per heavy atom. The third-order valence-electron chi connectivity index (χ3n) is 3.57. The largest absolute Gasteiger partial charge is 0.496 e. The SMILES string of the molecule is COc1ccc(CN2CCCC2C)cc1C(=O)O. The van der Waals surface area contributed by atoms with E-state index in [4.69, 9.17) is 9.84 Å². The Labute approximate surface area is 107 Å². The van der Waals surface area contributed by atoms with Crippen LogP contribution in [0.25, 0.3) is 0 Å². The number of carboxylic acid groups (broad SMARTS) is 1. The van der Waals surface area contributed by atoms with Gasteiger partial charge in [-0.05, 0) is 44.0 Å². The Hall–Kier alpha value is -1.55. The van der Waals surface area contributed by atoms with Crippen molar-refractivity contribution in [3.63, 3.8) is 0 Å². The second-order valence-electron chi connectivity index (χ2n) is 4.80. The lowest BCUT2D eigenvalue weighted by Crippen LogP contribution is -2.26. The molecule has 1 unspecified atom stereocenters. The lowest BCUT2D eigenvalue weighted by Gasteiger charge is -2.21. The van der Waals surface area contributed by atoms with E-state index in [0.717, 1.165) is 18.7 Å². The van der Waals surface area contributed by atoms with E-state index in [1.54, 1.807) is 12.1 Å². The molecule has 4 heteroatoms. The van der Waals surface area contributed by atoms with Crippen molar-refractivity contribution in [2.24, 2.45) is 0 Å². The van der Waals surface area contributed by atoms with Gasteiger partial charge in [0.1, 0.15) is 11.3 Å². The topological polar surface area (TPSA) is 49.8 Å². The van der Waals surface area contributed by atoms with Gasteiger partial charge in [-0.2, -0.15) is 0 Å². The molecule has 1 aromatic rings. The van der Waals surface area contributed by atoms with Crippen molar-refractivity contribution in [3.8, 4) is 5.75 Å². The van der Waals surface area contributed by atoms with Gasteiger partial charge in [-0.3, -0.25) is 4.90 Å². The Kier molecular flexibility index (Phi) is 3.87. The van der Waals surface area contributed by atoms with Crippen LogP contribution in [-0.4, -0.2) is 35.7 Å². The summed E-state index contributed by atoms with van der Waals surface area (Å²) < 4.78 is 5.06. The molecule has 1 fully saturated rings. The number of benzene rings is 1. The second kappa shape index (κ2) is 5.40. The molecule has 1 N–H and O–H groups in total. The maximum Gasteiger partial charge on any atom is 0.339 e. The summed E-state index contributed by atoms with van der Waals surface area (Å²) in [6.07, 6.45) is 2.45. The zero-order valence-electron chi connectivity index (χ0n) is 10.8. The molecule has 0 bridgehead atoms. The molecule has 98 valence electrons. The maximum atomic E-state index is 11.1. The van der Waals surface area contributed by atoms with Crippen LogP contribution < -0.4 is 4.74 Å². The first-order chi connectivity index (χ1) is 8.61. The third-order valence-corrected chi connectivity index (χ3v) is 3.57. The van der Waals surface area contributed by atoms with Crippen molar-refractivity contribution in [2.45, 2.75) is 32.4 Å². The maximum absolute atomic E-state index is 11.1. The lowest BCUT2D eigenvalue weighted by molar-refractivity contribution is 0.0693. The fourth-order valence-electron chi connectivity index (χ4n) is 2.48. The highest BCUT2D eigenvalue weighted by atomic mass is 16.5. The summed E-state index contributed by atoms with van der Waals surface area (Å²) in [7, 11) is 1.49. The number of nitrogens with zero attached hydrogens (tertiary/aromatic N) is 1. The Morgan fingerprint density at radius 3 is 2.89 bits per heavy atom. The highest BCUT2D eigenvalue weighted by molar-refractivity contribution is 5.91. The molecule has 0 aromatic heterocycles. The predicted octanol–water partition coefficient (Wildman–Crippen LogP) is 2.38. The number of ether oxygens (including phenoxy) is 1. The number of hydrogen-bond donors (Lipinski definition) is 1. The first-order valence-electron chi connectivity index (χ1n) is 6.26. The van der Waals surface area contributed by atoms with Crippen LogP contribution in [0.3, 0.4) is 0 Å². The molecule has 18 heavy (non-hydrogen) atoms. The van der Waals surface area contributed by atoms with E-state index < -0.39 is 5.97 Å². The Balaban J connectivity index is 2.18. The predicted molar refractivity (Wildman–Crippen MR) is 69.1 cm³/mol. The molecule has 0 amide bonds. The zero-order valence-corrected chi connectivity index (χ0v) is 10.8. The van der Waals surface area contributed by atoms with Crippen LogP contribution in [0, 0.1) is 0 Å². The molecule has 0 saturated carbocycles. The molecule has 0 spiro atoms. The highest BCUT2D eigenvalue weighted by Crippen LogP contribution is 2.23. The lowest BCUT2D eigenvalue weighted by atomic mass is 10.1. The molecule has 1 aromatic carbocycles. The average molecular weight is 249 g/mol. The van der Waals surface area contributed by atoms with Crippen molar-refractivity contribution in [3.05, 3.63) is 29.3 Å². The smallest absolute Gasteiger partial charge is 0.339 e. The summed E-state index contributed by atoms with van der Waals surface area (Å²) >= 11 is 0. The summed E-state index contributed by atoms with van der Waals surface area (Å²) in [5.74, 6) is -0.524. The van der Waals surface area contributed by atoms with E-state index >= 15 is 0 Å². The molecule has 1 aliphatic heterocycles.